The highest BCUT2D eigenvalue weighted by Crippen LogP contribution is 2.17. The Hall–Kier alpha value is -3.27. The Morgan fingerprint density at radius 2 is 1.41 bits per heavy atom. The molecule has 3 aromatic carbocycles. The highest BCUT2D eigenvalue weighted by atomic mass is 16.6. The number of nitrogens with zero attached hydrogens (tertiary/aromatic N) is 1. The SMILES string of the molecule is CON=C(COc1ccc(COc2ccc(C)cc2)cc1)c1ccccc1. The maximum absolute atomic E-state index is 5.85. The van der Waals surface area contributed by atoms with Crippen LogP contribution in [0.1, 0.15) is 16.7 Å². The molecule has 4 heteroatoms. The van der Waals surface area contributed by atoms with Gasteiger partial charge in [0.2, 0.25) is 0 Å². The molecule has 0 aliphatic heterocycles. The fraction of sp³-hybridized carbons (Fsp3) is 0.174. The number of hydrogen-bond acceptors (Lipinski definition) is 4. The van der Waals surface area contributed by atoms with Crippen LogP contribution >= 0.6 is 0 Å². The summed E-state index contributed by atoms with van der Waals surface area (Å²) in [7, 11) is 1.53. The summed E-state index contributed by atoms with van der Waals surface area (Å²) < 4.78 is 11.7. The van der Waals surface area contributed by atoms with Gasteiger partial charge in [-0.3, -0.25) is 0 Å². The van der Waals surface area contributed by atoms with Gasteiger partial charge in [-0.05, 0) is 36.8 Å². The summed E-state index contributed by atoms with van der Waals surface area (Å²) in [5.41, 5.74) is 4.01. The molecule has 3 aromatic rings. The van der Waals surface area contributed by atoms with Gasteiger partial charge in [0.05, 0.1) is 0 Å². The zero-order valence-corrected chi connectivity index (χ0v) is 15.6. The smallest absolute Gasteiger partial charge is 0.134 e. The third kappa shape index (κ3) is 5.61. The molecule has 3 rings (SSSR count). The molecule has 4 nitrogen and oxygen atoms in total. The van der Waals surface area contributed by atoms with Gasteiger partial charge in [0.1, 0.15) is 37.5 Å². The summed E-state index contributed by atoms with van der Waals surface area (Å²) in [6.07, 6.45) is 0. The normalized spacial score (nSPS) is 11.1. The van der Waals surface area contributed by atoms with E-state index < -0.39 is 0 Å². The third-order valence-electron chi connectivity index (χ3n) is 4.03. The van der Waals surface area contributed by atoms with Crippen molar-refractivity contribution in [3.63, 3.8) is 0 Å². The van der Waals surface area contributed by atoms with Gasteiger partial charge < -0.3 is 14.3 Å². The van der Waals surface area contributed by atoms with Crippen molar-refractivity contribution in [2.24, 2.45) is 5.16 Å². The van der Waals surface area contributed by atoms with Crippen molar-refractivity contribution in [2.45, 2.75) is 13.5 Å². The van der Waals surface area contributed by atoms with Crippen LogP contribution in [0.15, 0.2) is 84.0 Å². The van der Waals surface area contributed by atoms with Crippen molar-refractivity contribution in [3.8, 4) is 11.5 Å². The van der Waals surface area contributed by atoms with Crippen molar-refractivity contribution in [1.29, 1.82) is 0 Å². The number of rotatable bonds is 8. The molecule has 0 fully saturated rings. The van der Waals surface area contributed by atoms with Crippen LogP contribution in [0.4, 0.5) is 0 Å². The molecule has 138 valence electrons. The van der Waals surface area contributed by atoms with Gasteiger partial charge >= 0.3 is 0 Å². The largest absolute Gasteiger partial charge is 0.489 e. The summed E-state index contributed by atoms with van der Waals surface area (Å²) in [6, 6.07) is 25.7. The lowest BCUT2D eigenvalue weighted by molar-refractivity contribution is 0.210. The van der Waals surface area contributed by atoms with E-state index in [2.05, 4.69) is 12.1 Å². The monoisotopic (exact) mass is 361 g/mol. The van der Waals surface area contributed by atoms with Gasteiger partial charge in [-0.25, -0.2) is 0 Å². The van der Waals surface area contributed by atoms with E-state index >= 15 is 0 Å². The maximum Gasteiger partial charge on any atom is 0.134 e. The van der Waals surface area contributed by atoms with E-state index in [1.807, 2.05) is 78.9 Å². The Balaban J connectivity index is 1.55. The zero-order chi connectivity index (χ0) is 18.9. The standard InChI is InChI=1S/C23H23NO3/c1-18-8-12-21(13-9-18)26-16-19-10-14-22(15-11-19)27-17-23(24-25-2)20-6-4-3-5-7-20/h3-15H,16-17H2,1-2H3. The molecule has 0 saturated carbocycles. The number of benzene rings is 3. The van der Waals surface area contributed by atoms with E-state index in [0.29, 0.717) is 13.2 Å². The Bertz CT molecular complexity index is 856. The van der Waals surface area contributed by atoms with Gasteiger partial charge in [-0.15, -0.1) is 0 Å². The van der Waals surface area contributed by atoms with Gasteiger partial charge in [0.25, 0.3) is 0 Å². The van der Waals surface area contributed by atoms with Crippen LogP contribution in [-0.2, 0) is 11.4 Å². The molecule has 0 heterocycles. The van der Waals surface area contributed by atoms with Crippen LogP contribution in [0.3, 0.4) is 0 Å². The van der Waals surface area contributed by atoms with E-state index in [1.54, 1.807) is 0 Å². The van der Waals surface area contributed by atoms with Crippen LogP contribution in [0.5, 0.6) is 11.5 Å². The molecule has 0 radical (unpaired) electrons. The van der Waals surface area contributed by atoms with Gasteiger partial charge in [-0.1, -0.05) is 65.3 Å². The van der Waals surface area contributed by atoms with Crippen LogP contribution in [0.25, 0.3) is 0 Å². The number of aryl methyl sites for hydroxylation is 1. The lowest BCUT2D eigenvalue weighted by Gasteiger charge is -2.10. The number of hydrogen-bond donors (Lipinski definition) is 0. The lowest BCUT2D eigenvalue weighted by atomic mass is 10.1. The van der Waals surface area contributed by atoms with Crippen molar-refractivity contribution in [1.82, 2.24) is 0 Å². The molecule has 0 N–H and O–H groups in total. The molecule has 0 unspecified atom stereocenters. The Morgan fingerprint density at radius 1 is 0.778 bits per heavy atom. The first-order chi connectivity index (χ1) is 13.2. The van der Waals surface area contributed by atoms with Crippen molar-refractivity contribution in [2.75, 3.05) is 13.7 Å². The summed E-state index contributed by atoms with van der Waals surface area (Å²) in [5, 5.41) is 4.07. The van der Waals surface area contributed by atoms with Crippen LogP contribution in [0, 0.1) is 6.92 Å². The van der Waals surface area contributed by atoms with Crippen LogP contribution in [0.2, 0.25) is 0 Å². The second-order valence-corrected chi connectivity index (χ2v) is 6.12. The molecule has 0 aromatic heterocycles. The number of ether oxygens (including phenoxy) is 2. The molecule has 27 heavy (non-hydrogen) atoms. The second kappa shape index (κ2) is 9.43. The van der Waals surface area contributed by atoms with Crippen LogP contribution in [-0.4, -0.2) is 19.4 Å². The quantitative estimate of drug-likeness (QED) is 0.418. The van der Waals surface area contributed by atoms with Crippen molar-refractivity contribution in [3.05, 3.63) is 95.6 Å². The molecular formula is C23H23NO3. The van der Waals surface area contributed by atoms with Gasteiger partial charge in [0, 0.05) is 5.56 Å². The first kappa shape index (κ1) is 18.5. The summed E-state index contributed by atoms with van der Waals surface area (Å²) >= 11 is 0. The minimum absolute atomic E-state index is 0.330. The highest BCUT2D eigenvalue weighted by molar-refractivity contribution is 6.01. The molecule has 0 aliphatic carbocycles. The third-order valence-corrected chi connectivity index (χ3v) is 4.03. The Morgan fingerprint density at radius 3 is 2.07 bits per heavy atom. The molecule has 0 amide bonds. The average molecular weight is 361 g/mol. The van der Waals surface area contributed by atoms with Crippen LogP contribution < -0.4 is 9.47 Å². The summed E-state index contributed by atoms with van der Waals surface area (Å²) in [6.45, 7) is 2.91. The molecule has 0 saturated heterocycles. The summed E-state index contributed by atoms with van der Waals surface area (Å²) in [4.78, 5) is 4.94. The topological polar surface area (TPSA) is 40.0 Å². The van der Waals surface area contributed by atoms with E-state index in [9.17, 15) is 0 Å². The van der Waals surface area contributed by atoms with Gasteiger partial charge in [0.15, 0.2) is 0 Å². The predicted octanol–water partition coefficient (Wildman–Crippen LogP) is 5.00. The van der Waals surface area contributed by atoms with E-state index in [0.717, 1.165) is 28.3 Å². The minimum Gasteiger partial charge on any atom is -0.489 e. The molecular weight excluding hydrogens is 338 g/mol. The summed E-state index contributed by atoms with van der Waals surface area (Å²) in [5.74, 6) is 1.64. The number of oxime groups is 1. The predicted molar refractivity (Wildman–Crippen MR) is 107 cm³/mol. The fourth-order valence-corrected chi connectivity index (χ4v) is 2.54. The highest BCUT2D eigenvalue weighted by Gasteiger charge is 2.06. The molecule has 0 spiro atoms. The van der Waals surface area contributed by atoms with Crippen molar-refractivity contribution >= 4 is 5.71 Å². The lowest BCUT2D eigenvalue weighted by Crippen LogP contribution is -2.13. The van der Waals surface area contributed by atoms with E-state index in [-0.39, 0.29) is 0 Å². The first-order valence-electron chi connectivity index (χ1n) is 8.81. The molecule has 0 aliphatic rings. The van der Waals surface area contributed by atoms with E-state index in [1.165, 1.54) is 12.7 Å². The first-order valence-corrected chi connectivity index (χ1v) is 8.81. The molecule has 0 atom stereocenters. The average Bonchev–Trinajstić information content (AvgIpc) is 2.72. The zero-order valence-electron chi connectivity index (χ0n) is 15.6. The Labute approximate surface area is 160 Å². The maximum atomic E-state index is 5.85. The minimum atomic E-state index is 0.330. The van der Waals surface area contributed by atoms with Gasteiger partial charge in [-0.2, -0.15) is 0 Å². The second-order valence-electron chi connectivity index (χ2n) is 6.12. The Kier molecular flexibility index (Phi) is 6.47. The van der Waals surface area contributed by atoms with E-state index in [4.69, 9.17) is 14.3 Å². The molecule has 0 bridgehead atoms. The fourth-order valence-electron chi connectivity index (χ4n) is 2.54. The van der Waals surface area contributed by atoms with Crippen molar-refractivity contribution < 1.29 is 14.3 Å².